The minimum atomic E-state index is -0.693. The van der Waals surface area contributed by atoms with Gasteiger partial charge in [0.15, 0.2) is 6.10 Å². The van der Waals surface area contributed by atoms with Crippen LogP contribution in [0.25, 0.3) is 0 Å². The predicted octanol–water partition coefficient (Wildman–Crippen LogP) is 6.20. The van der Waals surface area contributed by atoms with Crippen molar-refractivity contribution in [3.05, 3.63) is 82.5 Å². The summed E-state index contributed by atoms with van der Waals surface area (Å²) in [6.45, 7) is 12.2. The first-order chi connectivity index (χ1) is 15.8. The van der Waals surface area contributed by atoms with Gasteiger partial charge in [-0.05, 0) is 87.7 Å². The number of rotatable bonds is 9. The first-order valence-electron chi connectivity index (χ1n) is 11.3. The van der Waals surface area contributed by atoms with Crippen LogP contribution in [0.3, 0.4) is 0 Å². The largest absolute Gasteiger partial charge is 0.481 e. The fraction of sp³-hybridized carbons (Fsp3) is 0.333. The molecule has 0 bridgehead atoms. The van der Waals surface area contributed by atoms with Crippen molar-refractivity contribution in [2.45, 2.75) is 47.3 Å². The Bertz CT molecular complexity index is 1040. The number of halogens is 1. The summed E-state index contributed by atoms with van der Waals surface area (Å²) in [4.78, 5) is 21.9. The van der Waals surface area contributed by atoms with Crippen molar-refractivity contribution in [2.24, 2.45) is 0 Å². The molecule has 3 aromatic rings. The number of aromatic nitrogens is 1. The highest BCUT2D eigenvalue weighted by Gasteiger charge is 2.25. The van der Waals surface area contributed by atoms with Gasteiger partial charge in [-0.3, -0.25) is 9.69 Å². The highest BCUT2D eigenvalue weighted by atomic mass is 35.5. The van der Waals surface area contributed by atoms with E-state index >= 15 is 0 Å². The zero-order chi connectivity index (χ0) is 24.0. The van der Waals surface area contributed by atoms with Crippen molar-refractivity contribution in [2.75, 3.05) is 22.9 Å². The third-order valence-electron chi connectivity index (χ3n) is 5.67. The van der Waals surface area contributed by atoms with E-state index in [1.807, 2.05) is 44.2 Å². The molecule has 0 radical (unpaired) electrons. The topological polar surface area (TPSA) is 45.7 Å². The Morgan fingerprint density at radius 2 is 1.67 bits per heavy atom. The lowest BCUT2D eigenvalue weighted by Gasteiger charge is -2.26. The molecule has 1 amide bonds. The average Bonchev–Trinajstić information content (AvgIpc) is 2.82. The molecule has 3 rings (SSSR count). The van der Waals surface area contributed by atoms with E-state index in [0.717, 1.165) is 29.8 Å². The molecule has 1 heterocycles. The van der Waals surface area contributed by atoms with Gasteiger partial charge >= 0.3 is 0 Å². The Balaban J connectivity index is 1.83. The maximum Gasteiger partial charge on any atom is 0.269 e. The number of carbonyl (C=O) groups is 1. The molecule has 2 aromatic carbocycles. The van der Waals surface area contributed by atoms with Crippen LogP contribution in [0.4, 0.5) is 11.5 Å². The standard InChI is InChI=1S/C27H32ClN3O2/c1-6-30(7-2)23-13-11-22(12-14-23)18-31(25-10-8-9-15-29-25)27(32)21(5)33-24-16-19(3)26(28)20(4)17-24/h8-17,21H,6-7,18H2,1-5H3/t21-/m0/s1. The second-order valence-corrected chi connectivity index (χ2v) is 8.46. The third kappa shape index (κ3) is 6.05. The number of ether oxygens (including phenoxy) is 1. The van der Waals surface area contributed by atoms with Crippen LogP contribution >= 0.6 is 11.6 Å². The number of nitrogens with zero attached hydrogens (tertiary/aromatic N) is 3. The molecule has 1 aromatic heterocycles. The summed E-state index contributed by atoms with van der Waals surface area (Å²) in [6.07, 6.45) is 0.998. The number of pyridine rings is 1. The Labute approximate surface area is 202 Å². The van der Waals surface area contributed by atoms with Crippen molar-refractivity contribution in [3.63, 3.8) is 0 Å². The molecule has 0 saturated heterocycles. The van der Waals surface area contributed by atoms with Crippen LogP contribution in [0, 0.1) is 13.8 Å². The van der Waals surface area contributed by atoms with Crippen LogP contribution in [-0.2, 0) is 11.3 Å². The number of amides is 1. The van der Waals surface area contributed by atoms with Crippen LogP contribution in [0.15, 0.2) is 60.8 Å². The molecule has 174 valence electrons. The minimum Gasteiger partial charge on any atom is -0.481 e. The van der Waals surface area contributed by atoms with Gasteiger partial charge in [0.05, 0.1) is 6.54 Å². The normalized spacial score (nSPS) is 11.7. The number of hydrogen-bond acceptors (Lipinski definition) is 4. The van der Waals surface area contributed by atoms with E-state index in [2.05, 4.69) is 48.0 Å². The van der Waals surface area contributed by atoms with E-state index < -0.39 is 6.10 Å². The van der Waals surface area contributed by atoms with E-state index in [1.165, 1.54) is 5.69 Å². The summed E-state index contributed by atoms with van der Waals surface area (Å²) in [7, 11) is 0. The van der Waals surface area contributed by atoms with Gasteiger partial charge in [-0.25, -0.2) is 4.98 Å². The molecule has 0 aliphatic rings. The molecule has 0 fully saturated rings. The Kier molecular flexibility index (Phi) is 8.34. The Morgan fingerprint density at radius 3 is 2.21 bits per heavy atom. The molecule has 0 N–H and O–H groups in total. The summed E-state index contributed by atoms with van der Waals surface area (Å²) >= 11 is 6.28. The predicted molar refractivity (Wildman–Crippen MR) is 136 cm³/mol. The lowest BCUT2D eigenvalue weighted by atomic mass is 10.1. The summed E-state index contributed by atoms with van der Waals surface area (Å²) in [5, 5.41) is 0.713. The lowest BCUT2D eigenvalue weighted by Crippen LogP contribution is -2.40. The van der Waals surface area contributed by atoms with Crippen molar-refractivity contribution < 1.29 is 9.53 Å². The van der Waals surface area contributed by atoms with Gasteiger partial charge in [-0.2, -0.15) is 0 Å². The van der Waals surface area contributed by atoms with Crippen molar-refractivity contribution in [1.29, 1.82) is 0 Å². The first kappa shape index (κ1) is 24.6. The van der Waals surface area contributed by atoms with E-state index in [1.54, 1.807) is 18.0 Å². The van der Waals surface area contributed by atoms with Gasteiger partial charge in [0, 0.05) is 30.0 Å². The van der Waals surface area contributed by atoms with E-state index in [0.29, 0.717) is 23.1 Å². The number of aryl methyl sites for hydroxylation is 2. The molecule has 0 aliphatic carbocycles. The molecule has 1 atom stereocenters. The molecule has 0 unspecified atom stereocenters. The zero-order valence-corrected chi connectivity index (χ0v) is 20.8. The van der Waals surface area contributed by atoms with E-state index in [4.69, 9.17) is 16.3 Å². The van der Waals surface area contributed by atoms with Crippen molar-refractivity contribution in [3.8, 4) is 5.75 Å². The van der Waals surface area contributed by atoms with Crippen LogP contribution in [0.1, 0.15) is 37.5 Å². The highest BCUT2D eigenvalue weighted by molar-refractivity contribution is 6.32. The smallest absolute Gasteiger partial charge is 0.269 e. The second-order valence-electron chi connectivity index (χ2n) is 8.08. The average molecular weight is 466 g/mol. The van der Waals surface area contributed by atoms with Crippen molar-refractivity contribution >= 4 is 29.0 Å². The number of benzene rings is 2. The summed E-state index contributed by atoms with van der Waals surface area (Å²) < 4.78 is 6.03. The van der Waals surface area contributed by atoms with Gasteiger partial charge < -0.3 is 9.64 Å². The molecule has 6 heteroatoms. The van der Waals surface area contributed by atoms with Crippen molar-refractivity contribution in [1.82, 2.24) is 4.98 Å². The lowest BCUT2D eigenvalue weighted by molar-refractivity contribution is -0.124. The van der Waals surface area contributed by atoms with Gasteiger partial charge in [0.25, 0.3) is 5.91 Å². The molecule has 5 nitrogen and oxygen atoms in total. The van der Waals surface area contributed by atoms with E-state index in [-0.39, 0.29) is 5.91 Å². The molecule has 0 aliphatic heterocycles. The Morgan fingerprint density at radius 1 is 1.03 bits per heavy atom. The fourth-order valence-corrected chi connectivity index (χ4v) is 3.93. The highest BCUT2D eigenvalue weighted by Crippen LogP contribution is 2.27. The van der Waals surface area contributed by atoms with Gasteiger partial charge in [-0.1, -0.05) is 29.8 Å². The first-order valence-corrected chi connectivity index (χ1v) is 11.7. The molecule has 0 saturated carbocycles. The third-order valence-corrected chi connectivity index (χ3v) is 6.26. The van der Waals surface area contributed by atoms with Crippen LogP contribution in [-0.4, -0.2) is 30.1 Å². The summed E-state index contributed by atoms with van der Waals surface area (Å²) in [5.41, 5.74) is 4.03. The van der Waals surface area contributed by atoms with Gasteiger partial charge in [0.1, 0.15) is 11.6 Å². The molecule has 0 spiro atoms. The molecular formula is C27H32ClN3O2. The number of hydrogen-bond donors (Lipinski definition) is 0. The maximum atomic E-state index is 13.5. The SMILES string of the molecule is CCN(CC)c1ccc(CN(C(=O)[C@H](C)Oc2cc(C)c(Cl)c(C)c2)c2ccccn2)cc1. The van der Waals surface area contributed by atoms with Crippen LogP contribution in [0.5, 0.6) is 5.75 Å². The van der Waals surface area contributed by atoms with E-state index in [9.17, 15) is 4.79 Å². The zero-order valence-electron chi connectivity index (χ0n) is 20.0. The maximum absolute atomic E-state index is 13.5. The summed E-state index contributed by atoms with van der Waals surface area (Å²) in [5.74, 6) is 1.06. The summed E-state index contributed by atoms with van der Waals surface area (Å²) in [6, 6.07) is 17.6. The quantitative estimate of drug-likeness (QED) is 0.377. The molecule has 33 heavy (non-hydrogen) atoms. The second kappa shape index (κ2) is 11.2. The monoisotopic (exact) mass is 465 g/mol. The van der Waals surface area contributed by atoms with Gasteiger partial charge in [0.2, 0.25) is 0 Å². The van der Waals surface area contributed by atoms with Gasteiger partial charge in [-0.15, -0.1) is 0 Å². The molecular weight excluding hydrogens is 434 g/mol. The minimum absolute atomic E-state index is 0.160. The fourth-order valence-electron chi connectivity index (χ4n) is 3.82. The Hall–Kier alpha value is -3.05. The number of carbonyl (C=O) groups excluding carboxylic acids is 1. The number of anilines is 2. The van der Waals surface area contributed by atoms with Crippen LogP contribution in [0.2, 0.25) is 5.02 Å². The van der Waals surface area contributed by atoms with Crippen LogP contribution < -0.4 is 14.5 Å².